The van der Waals surface area contributed by atoms with Crippen molar-refractivity contribution in [2.24, 2.45) is 0 Å². The number of hydrogen-bond acceptors (Lipinski definition) is 2. The van der Waals surface area contributed by atoms with Gasteiger partial charge in [-0.05, 0) is 36.4 Å². The Balaban J connectivity index is 2.19. The largest absolute Gasteiger partial charge is 0.496 e. The molecule has 0 radical (unpaired) electrons. The minimum absolute atomic E-state index is 0.267. The second kappa shape index (κ2) is 6.59. The molecule has 110 valence electrons. The highest BCUT2D eigenvalue weighted by atomic mass is 35.5. The lowest BCUT2D eigenvalue weighted by Gasteiger charge is -2.19. The fourth-order valence-corrected chi connectivity index (χ4v) is 2.23. The van der Waals surface area contributed by atoms with Crippen molar-refractivity contribution in [3.05, 3.63) is 64.4 Å². The summed E-state index contributed by atoms with van der Waals surface area (Å²) < 4.78 is 18.4. The lowest BCUT2D eigenvalue weighted by Crippen LogP contribution is -2.26. The maximum absolute atomic E-state index is 13.2. The van der Waals surface area contributed by atoms with Gasteiger partial charge in [0.1, 0.15) is 11.6 Å². The monoisotopic (exact) mass is 307 g/mol. The van der Waals surface area contributed by atoms with Gasteiger partial charge in [0, 0.05) is 29.7 Å². The lowest BCUT2D eigenvalue weighted by atomic mass is 10.1. The van der Waals surface area contributed by atoms with E-state index in [9.17, 15) is 9.18 Å². The number of amides is 1. The topological polar surface area (TPSA) is 29.5 Å². The van der Waals surface area contributed by atoms with Gasteiger partial charge in [-0.1, -0.05) is 17.7 Å². The van der Waals surface area contributed by atoms with Crippen LogP contribution in [-0.4, -0.2) is 25.0 Å². The summed E-state index contributed by atoms with van der Waals surface area (Å²) in [5, 5.41) is 0.567. The first-order valence-electron chi connectivity index (χ1n) is 6.34. The van der Waals surface area contributed by atoms with Gasteiger partial charge in [0.15, 0.2) is 0 Å². The second-order valence-corrected chi connectivity index (χ2v) is 5.06. The molecular formula is C16H15ClFNO2. The molecule has 0 N–H and O–H groups in total. The molecule has 0 saturated heterocycles. The van der Waals surface area contributed by atoms with E-state index in [1.807, 2.05) is 0 Å². The standard InChI is InChI=1S/C16H15ClFNO2/c1-19(16(20)11-4-3-5-14(18)9-11)10-12-8-13(17)6-7-15(12)21-2/h3-9H,10H2,1-2H3. The highest BCUT2D eigenvalue weighted by Crippen LogP contribution is 2.24. The predicted molar refractivity (Wildman–Crippen MR) is 80.2 cm³/mol. The van der Waals surface area contributed by atoms with Gasteiger partial charge in [-0.2, -0.15) is 0 Å². The molecule has 2 rings (SSSR count). The predicted octanol–water partition coefficient (Wildman–Crippen LogP) is 3.76. The fraction of sp³-hybridized carbons (Fsp3) is 0.188. The highest BCUT2D eigenvalue weighted by molar-refractivity contribution is 6.30. The van der Waals surface area contributed by atoms with Crippen LogP contribution >= 0.6 is 11.6 Å². The molecule has 0 saturated carbocycles. The number of ether oxygens (including phenoxy) is 1. The van der Waals surface area contributed by atoms with E-state index < -0.39 is 5.82 Å². The molecule has 1 amide bonds. The van der Waals surface area contributed by atoms with Gasteiger partial charge < -0.3 is 9.64 Å². The van der Waals surface area contributed by atoms with E-state index in [0.29, 0.717) is 22.9 Å². The molecule has 21 heavy (non-hydrogen) atoms. The van der Waals surface area contributed by atoms with Gasteiger partial charge in [0.05, 0.1) is 7.11 Å². The van der Waals surface area contributed by atoms with Crippen molar-refractivity contribution in [3.8, 4) is 5.75 Å². The molecule has 0 atom stereocenters. The van der Waals surface area contributed by atoms with Gasteiger partial charge in [0.25, 0.3) is 5.91 Å². The second-order valence-electron chi connectivity index (χ2n) is 4.63. The number of methoxy groups -OCH3 is 1. The Morgan fingerprint density at radius 1 is 1.29 bits per heavy atom. The zero-order valence-electron chi connectivity index (χ0n) is 11.8. The Morgan fingerprint density at radius 2 is 2.05 bits per heavy atom. The van der Waals surface area contributed by atoms with Crippen LogP contribution in [-0.2, 0) is 6.54 Å². The Kier molecular flexibility index (Phi) is 4.81. The average Bonchev–Trinajstić information content (AvgIpc) is 2.46. The average molecular weight is 308 g/mol. The van der Waals surface area contributed by atoms with Crippen LogP contribution in [0.4, 0.5) is 4.39 Å². The van der Waals surface area contributed by atoms with Crippen LogP contribution in [0.25, 0.3) is 0 Å². The fourth-order valence-electron chi connectivity index (χ4n) is 2.04. The molecule has 5 heteroatoms. The van der Waals surface area contributed by atoms with Crippen molar-refractivity contribution in [1.29, 1.82) is 0 Å². The maximum atomic E-state index is 13.2. The molecule has 3 nitrogen and oxygen atoms in total. The van der Waals surface area contributed by atoms with Gasteiger partial charge in [-0.3, -0.25) is 4.79 Å². The number of carbonyl (C=O) groups is 1. The van der Waals surface area contributed by atoms with Crippen molar-refractivity contribution in [2.75, 3.05) is 14.2 Å². The zero-order chi connectivity index (χ0) is 15.4. The number of carbonyl (C=O) groups excluding carboxylic acids is 1. The molecule has 0 fully saturated rings. The van der Waals surface area contributed by atoms with Crippen molar-refractivity contribution in [3.63, 3.8) is 0 Å². The van der Waals surface area contributed by atoms with Crippen molar-refractivity contribution in [1.82, 2.24) is 4.90 Å². The van der Waals surface area contributed by atoms with E-state index in [2.05, 4.69) is 0 Å². The van der Waals surface area contributed by atoms with Gasteiger partial charge in [-0.15, -0.1) is 0 Å². The van der Waals surface area contributed by atoms with Crippen LogP contribution in [0.3, 0.4) is 0 Å². The summed E-state index contributed by atoms with van der Waals surface area (Å²) in [6.07, 6.45) is 0. The van der Waals surface area contributed by atoms with Crippen LogP contribution in [0.15, 0.2) is 42.5 Å². The van der Waals surface area contributed by atoms with E-state index in [4.69, 9.17) is 16.3 Å². The third-order valence-corrected chi connectivity index (χ3v) is 3.30. The van der Waals surface area contributed by atoms with E-state index in [0.717, 1.165) is 5.56 Å². The first kappa shape index (κ1) is 15.3. The number of nitrogens with zero attached hydrogens (tertiary/aromatic N) is 1. The van der Waals surface area contributed by atoms with Crippen LogP contribution in [0.1, 0.15) is 15.9 Å². The van der Waals surface area contributed by atoms with Gasteiger partial charge >= 0.3 is 0 Å². The third-order valence-electron chi connectivity index (χ3n) is 3.07. The Morgan fingerprint density at radius 3 is 2.71 bits per heavy atom. The number of hydrogen-bond donors (Lipinski definition) is 0. The molecule has 0 unspecified atom stereocenters. The van der Waals surface area contributed by atoms with E-state index in [-0.39, 0.29) is 5.91 Å². The summed E-state index contributed by atoms with van der Waals surface area (Å²) in [5.41, 5.74) is 1.09. The first-order valence-corrected chi connectivity index (χ1v) is 6.72. The number of benzene rings is 2. The third kappa shape index (κ3) is 3.73. The van der Waals surface area contributed by atoms with Crippen molar-refractivity contribution >= 4 is 17.5 Å². The minimum atomic E-state index is -0.436. The first-order chi connectivity index (χ1) is 10.0. The quantitative estimate of drug-likeness (QED) is 0.860. The van der Waals surface area contributed by atoms with Crippen molar-refractivity contribution < 1.29 is 13.9 Å². The van der Waals surface area contributed by atoms with Gasteiger partial charge in [0.2, 0.25) is 0 Å². The number of rotatable bonds is 4. The molecule has 0 bridgehead atoms. The Hall–Kier alpha value is -2.07. The maximum Gasteiger partial charge on any atom is 0.254 e. The molecule has 2 aromatic carbocycles. The molecule has 0 spiro atoms. The lowest BCUT2D eigenvalue weighted by molar-refractivity contribution is 0.0783. The van der Waals surface area contributed by atoms with E-state index >= 15 is 0 Å². The van der Waals surface area contributed by atoms with Gasteiger partial charge in [-0.25, -0.2) is 4.39 Å². The van der Waals surface area contributed by atoms with Crippen molar-refractivity contribution in [2.45, 2.75) is 6.54 Å². The summed E-state index contributed by atoms with van der Waals surface area (Å²) in [6, 6.07) is 10.8. The zero-order valence-corrected chi connectivity index (χ0v) is 12.5. The molecule has 0 aliphatic carbocycles. The van der Waals surface area contributed by atoms with Crippen LogP contribution in [0, 0.1) is 5.82 Å². The normalized spacial score (nSPS) is 10.3. The molecule has 2 aromatic rings. The molecule has 0 aromatic heterocycles. The summed E-state index contributed by atoms with van der Waals surface area (Å²) in [5.74, 6) is -0.0515. The van der Waals surface area contributed by atoms with E-state index in [1.54, 1.807) is 38.4 Å². The number of halogens is 2. The minimum Gasteiger partial charge on any atom is -0.496 e. The Bertz CT molecular complexity index is 660. The summed E-state index contributed by atoms with van der Waals surface area (Å²) in [6.45, 7) is 0.319. The summed E-state index contributed by atoms with van der Waals surface area (Å²) >= 11 is 5.97. The molecule has 0 aliphatic heterocycles. The van der Waals surface area contributed by atoms with Crippen LogP contribution in [0.2, 0.25) is 5.02 Å². The van der Waals surface area contributed by atoms with Crippen LogP contribution < -0.4 is 4.74 Å². The highest BCUT2D eigenvalue weighted by Gasteiger charge is 2.15. The van der Waals surface area contributed by atoms with E-state index in [1.165, 1.54) is 23.1 Å². The molecular weight excluding hydrogens is 293 g/mol. The summed E-state index contributed by atoms with van der Waals surface area (Å²) in [4.78, 5) is 13.8. The van der Waals surface area contributed by atoms with Crippen LogP contribution in [0.5, 0.6) is 5.75 Å². The Labute approximate surface area is 127 Å². The summed E-state index contributed by atoms with van der Waals surface area (Å²) in [7, 11) is 3.20. The molecule has 0 aliphatic rings. The smallest absolute Gasteiger partial charge is 0.254 e. The SMILES string of the molecule is COc1ccc(Cl)cc1CN(C)C(=O)c1cccc(F)c1. The molecule has 0 heterocycles.